The highest BCUT2D eigenvalue weighted by molar-refractivity contribution is 8.03. The minimum Gasteiger partial charge on any atom is -0.457 e. The molecular formula is C17H15N3O2S3. The van der Waals surface area contributed by atoms with Crippen LogP contribution in [0.3, 0.4) is 0 Å². The number of carbonyl (C=O) groups excluding carboxylic acids is 1. The fourth-order valence-electron chi connectivity index (χ4n) is 1.89. The van der Waals surface area contributed by atoms with E-state index in [1.54, 1.807) is 11.8 Å². The summed E-state index contributed by atoms with van der Waals surface area (Å²) in [5, 5.41) is 10.9. The van der Waals surface area contributed by atoms with Gasteiger partial charge in [-0.05, 0) is 42.7 Å². The molecule has 3 rings (SSSR count). The van der Waals surface area contributed by atoms with E-state index in [1.807, 2.05) is 60.9 Å². The Hall–Kier alpha value is -2.03. The first-order valence-electron chi connectivity index (χ1n) is 7.36. The van der Waals surface area contributed by atoms with Gasteiger partial charge in [-0.2, -0.15) is 0 Å². The summed E-state index contributed by atoms with van der Waals surface area (Å²) in [7, 11) is 0. The Bertz CT molecular complexity index is 823. The fraction of sp³-hybridized carbons (Fsp3) is 0.118. The van der Waals surface area contributed by atoms with Gasteiger partial charge in [0.05, 0.1) is 5.75 Å². The van der Waals surface area contributed by atoms with Gasteiger partial charge in [0.25, 0.3) is 0 Å². The van der Waals surface area contributed by atoms with Crippen LogP contribution in [-0.4, -0.2) is 28.1 Å². The molecule has 0 radical (unpaired) electrons. The van der Waals surface area contributed by atoms with Crippen LogP contribution in [0.5, 0.6) is 11.5 Å². The number of aromatic nitrogens is 2. The van der Waals surface area contributed by atoms with Crippen LogP contribution >= 0.6 is 34.9 Å². The Morgan fingerprint density at radius 2 is 1.72 bits per heavy atom. The smallest absolute Gasteiger partial charge is 0.234 e. The Balaban J connectivity index is 1.49. The second-order valence-corrected chi connectivity index (χ2v) is 8.07. The number of nitrogens with zero attached hydrogens (tertiary/aromatic N) is 2. The molecule has 0 saturated carbocycles. The summed E-state index contributed by atoms with van der Waals surface area (Å²) in [5.41, 5.74) is 0.730. The standard InChI is InChI=1S/C17H15N3O2S3/c1-23-16-19-20-17(25-16)24-11-15(21)18-12-7-9-14(10-8-12)22-13-5-3-2-4-6-13/h2-10H,11H2,1H3,(H,18,21). The number of rotatable bonds is 7. The van der Waals surface area contributed by atoms with Crippen molar-refractivity contribution in [2.75, 3.05) is 17.3 Å². The topological polar surface area (TPSA) is 64.1 Å². The van der Waals surface area contributed by atoms with Gasteiger partial charge >= 0.3 is 0 Å². The highest BCUT2D eigenvalue weighted by Crippen LogP contribution is 2.27. The SMILES string of the molecule is CSc1nnc(SCC(=O)Nc2ccc(Oc3ccccc3)cc2)s1. The molecule has 0 saturated heterocycles. The predicted octanol–water partition coefficient (Wildman–Crippen LogP) is 4.78. The predicted molar refractivity (Wildman–Crippen MR) is 104 cm³/mol. The summed E-state index contributed by atoms with van der Waals surface area (Å²) in [6.45, 7) is 0. The van der Waals surface area contributed by atoms with Gasteiger partial charge < -0.3 is 10.1 Å². The summed E-state index contributed by atoms with van der Waals surface area (Å²) in [6.07, 6.45) is 1.95. The number of carbonyl (C=O) groups is 1. The molecule has 0 bridgehead atoms. The highest BCUT2D eigenvalue weighted by Gasteiger charge is 2.08. The zero-order chi connectivity index (χ0) is 17.5. The molecule has 0 atom stereocenters. The third-order valence-corrected chi connectivity index (χ3v) is 6.04. The zero-order valence-corrected chi connectivity index (χ0v) is 15.8. The lowest BCUT2D eigenvalue weighted by Crippen LogP contribution is -2.13. The third-order valence-electron chi connectivity index (χ3n) is 3.01. The molecule has 8 heteroatoms. The number of hydrogen-bond acceptors (Lipinski definition) is 7. The van der Waals surface area contributed by atoms with E-state index in [-0.39, 0.29) is 5.91 Å². The van der Waals surface area contributed by atoms with Crippen LogP contribution in [0.4, 0.5) is 5.69 Å². The van der Waals surface area contributed by atoms with E-state index in [0.717, 1.165) is 25.9 Å². The molecular weight excluding hydrogens is 374 g/mol. The van der Waals surface area contributed by atoms with Crippen LogP contribution in [0.2, 0.25) is 0 Å². The quantitative estimate of drug-likeness (QED) is 0.587. The Morgan fingerprint density at radius 1 is 1.04 bits per heavy atom. The fourth-order valence-corrected chi connectivity index (χ4v) is 4.13. The Kier molecular flexibility index (Phi) is 6.32. The summed E-state index contributed by atoms with van der Waals surface area (Å²) in [5.74, 6) is 1.71. The van der Waals surface area contributed by atoms with Crippen molar-refractivity contribution in [1.29, 1.82) is 0 Å². The molecule has 25 heavy (non-hydrogen) atoms. The highest BCUT2D eigenvalue weighted by atomic mass is 32.2. The molecule has 5 nitrogen and oxygen atoms in total. The first-order chi connectivity index (χ1) is 12.2. The maximum Gasteiger partial charge on any atom is 0.234 e. The van der Waals surface area contributed by atoms with Gasteiger partial charge in [0.2, 0.25) is 5.91 Å². The normalized spacial score (nSPS) is 10.4. The molecule has 2 aromatic carbocycles. The van der Waals surface area contributed by atoms with Crippen LogP contribution in [0.15, 0.2) is 63.3 Å². The Morgan fingerprint density at radius 3 is 2.40 bits per heavy atom. The molecule has 1 amide bonds. The molecule has 0 aliphatic rings. The molecule has 1 N–H and O–H groups in total. The van der Waals surface area contributed by atoms with Gasteiger partial charge in [-0.3, -0.25) is 4.79 Å². The molecule has 1 aromatic heterocycles. The van der Waals surface area contributed by atoms with Crippen molar-refractivity contribution in [2.45, 2.75) is 8.68 Å². The first-order valence-corrected chi connectivity index (χ1v) is 10.4. The van der Waals surface area contributed by atoms with Gasteiger partial charge in [0.1, 0.15) is 11.5 Å². The summed E-state index contributed by atoms with van der Waals surface area (Å²) in [4.78, 5) is 12.0. The van der Waals surface area contributed by atoms with E-state index in [1.165, 1.54) is 23.1 Å². The van der Waals surface area contributed by atoms with E-state index in [0.29, 0.717) is 5.75 Å². The summed E-state index contributed by atoms with van der Waals surface area (Å²) < 4.78 is 7.42. The molecule has 0 spiro atoms. The number of hydrogen-bond donors (Lipinski definition) is 1. The average Bonchev–Trinajstić information content (AvgIpc) is 3.11. The number of para-hydroxylation sites is 1. The lowest BCUT2D eigenvalue weighted by molar-refractivity contribution is -0.113. The number of benzene rings is 2. The second-order valence-electron chi connectivity index (χ2n) is 4.81. The minimum absolute atomic E-state index is 0.0809. The third kappa shape index (κ3) is 5.48. The van der Waals surface area contributed by atoms with Gasteiger partial charge in [0.15, 0.2) is 8.68 Å². The zero-order valence-electron chi connectivity index (χ0n) is 13.3. The van der Waals surface area contributed by atoms with Crippen LogP contribution in [0, 0.1) is 0 Å². The van der Waals surface area contributed by atoms with Gasteiger partial charge in [-0.1, -0.05) is 53.1 Å². The second kappa shape index (κ2) is 8.89. The number of thioether (sulfide) groups is 2. The van der Waals surface area contributed by atoms with E-state index in [9.17, 15) is 4.79 Å². The molecule has 3 aromatic rings. The van der Waals surface area contributed by atoms with E-state index < -0.39 is 0 Å². The van der Waals surface area contributed by atoms with Crippen LogP contribution in [0.1, 0.15) is 0 Å². The van der Waals surface area contributed by atoms with E-state index >= 15 is 0 Å². The van der Waals surface area contributed by atoms with E-state index in [4.69, 9.17) is 4.74 Å². The van der Waals surface area contributed by atoms with E-state index in [2.05, 4.69) is 15.5 Å². The van der Waals surface area contributed by atoms with Crippen LogP contribution < -0.4 is 10.1 Å². The van der Waals surface area contributed by atoms with Gasteiger partial charge in [-0.15, -0.1) is 10.2 Å². The van der Waals surface area contributed by atoms with Crippen molar-refractivity contribution < 1.29 is 9.53 Å². The first kappa shape index (κ1) is 17.8. The van der Waals surface area contributed by atoms with Gasteiger partial charge in [-0.25, -0.2) is 0 Å². The van der Waals surface area contributed by atoms with Crippen LogP contribution in [0.25, 0.3) is 0 Å². The molecule has 0 unspecified atom stereocenters. The van der Waals surface area contributed by atoms with Gasteiger partial charge in [0, 0.05) is 5.69 Å². The largest absolute Gasteiger partial charge is 0.457 e. The summed E-state index contributed by atoms with van der Waals surface area (Å²) in [6, 6.07) is 16.8. The van der Waals surface area contributed by atoms with Crippen molar-refractivity contribution in [3.8, 4) is 11.5 Å². The van der Waals surface area contributed by atoms with Crippen molar-refractivity contribution >= 4 is 46.5 Å². The molecule has 1 heterocycles. The number of nitrogens with one attached hydrogen (secondary N) is 1. The monoisotopic (exact) mass is 389 g/mol. The lowest BCUT2D eigenvalue weighted by Gasteiger charge is -2.07. The molecule has 0 fully saturated rings. The van der Waals surface area contributed by atoms with Crippen LogP contribution in [-0.2, 0) is 4.79 Å². The number of amides is 1. The maximum absolute atomic E-state index is 12.0. The minimum atomic E-state index is -0.0809. The Labute approximate surface area is 158 Å². The molecule has 0 aliphatic heterocycles. The van der Waals surface area contributed by atoms with Crippen molar-refractivity contribution in [1.82, 2.24) is 10.2 Å². The lowest BCUT2D eigenvalue weighted by atomic mass is 10.3. The molecule has 128 valence electrons. The average molecular weight is 390 g/mol. The molecule has 0 aliphatic carbocycles. The van der Waals surface area contributed by atoms with Crippen molar-refractivity contribution in [3.63, 3.8) is 0 Å². The van der Waals surface area contributed by atoms with Crippen molar-refractivity contribution in [3.05, 3.63) is 54.6 Å². The number of anilines is 1. The van der Waals surface area contributed by atoms with Crippen molar-refractivity contribution in [2.24, 2.45) is 0 Å². The summed E-state index contributed by atoms with van der Waals surface area (Å²) >= 11 is 4.42. The number of ether oxygens (including phenoxy) is 1. The maximum atomic E-state index is 12.0.